The molecule has 1 saturated heterocycles. The van der Waals surface area contributed by atoms with E-state index in [9.17, 15) is 9.18 Å². The van der Waals surface area contributed by atoms with Crippen LogP contribution in [0.4, 0.5) is 15.8 Å². The molecule has 0 unspecified atom stereocenters. The fraction of sp³-hybridized carbons (Fsp3) is 0.235. The number of hydrogen-bond acceptors (Lipinski definition) is 3. The summed E-state index contributed by atoms with van der Waals surface area (Å²) in [7, 11) is 0. The molecule has 3 rings (SSSR count). The Kier molecular flexibility index (Phi) is 4.79. The Balaban J connectivity index is 1.70. The zero-order valence-electron chi connectivity index (χ0n) is 12.4. The van der Waals surface area contributed by atoms with Crippen molar-refractivity contribution in [1.82, 2.24) is 0 Å². The highest BCUT2D eigenvalue weighted by Gasteiger charge is 2.14. The zero-order chi connectivity index (χ0) is 16.2. The van der Waals surface area contributed by atoms with Gasteiger partial charge in [-0.05, 0) is 42.5 Å². The van der Waals surface area contributed by atoms with E-state index in [1.165, 1.54) is 18.2 Å². The second-order valence-corrected chi connectivity index (χ2v) is 5.66. The van der Waals surface area contributed by atoms with Crippen LogP contribution in [0.3, 0.4) is 0 Å². The van der Waals surface area contributed by atoms with Gasteiger partial charge in [0.25, 0.3) is 5.91 Å². The number of benzene rings is 2. The average molecular weight is 335 g/mol. The van der Waals surface area contributed by atoms with Gasteiger partial charge in [-0.3, -0.25) is 4.79 Å². The largest absolute Gasteiger partial charge is 0.378 e. The van der Waals surface area contributed by atoms with E-state index in [1.807, 2.05) is 12.1 Å². The third-order valence-corrected chi connectivity index (χ3v) is 3.91. The van der Waals surface area contributed by atoms with Crippen LogP contribution >= 0.6 is 11.6 Å². The highest BCUT2D eigenvalue weighted by Crippen LogP contribution is 2.21. The molecule has 2 aromatic rings. The maximum Gasteiger partial charge on any atom is 0.258 e. The summed E-state index contributed by atoms with van der Waals surface area (Å²) in [5, 5.41) is 2.99. The fourth-order valence-electron chi connectivity index (χ4n) is 2.45. The highest BCUT2D eigenvalue weighted by molar-refractivity contribution is 6.31. The van der Waals surface area contributed by atoms with Crippen LogP contribution in [0, 0.1) is 5.82 Å². The van der Waals surface area contributed by atoms with Crippen molar-refractivity contribution in [3.63, 3.8) is 0 Å². The van der Waals surface area contributed by atoms with Gasteiger partial charge in [-0.15, -0.1) is 0 Å². The number of anilines is 2. The van der Waals surface area contributed by atoms with Crippen LogP contribution < -0.4 is 10.2 Å². The minimum absolute atomic E-state index is 0.0743. The third kappa shape index (κ3) is 3.81. The summed E-state index contributed by atoms with van der Waals surface area (Å²) in [5.41, 5.74) is 1.60. The van der Waals surface area contributed by atoms with Crippen molar-refractivity contribution in [1.29, 1.82) is 0 Å². The molecule has 1 fully saturated rings. The van der Waals surface area contributed by atoms with Crippen molar-refractivity contribution >= 4 is 28.9 Å². The number of nitrogens with one attached hydrogen (secondary N) is 1. The van der Waals surface area contributed by atoms with E-state index in [4.69, 9.17) is 16.3 Å². The van der Waals surface area contributed by atoms with Crippen molar-refractivity contribution in [2.75, 3.05) is 36.5 Å². The van der Waals surface area contributed by atoms with Gasteiger partial charge in [0.15, 0.2) is 0 Å². The number of halogens is 2. The van der Waals surface area contributed by atoms with Gasteiger partial charge in [0.1, 0.15) is 5.82 Å². The SMILES string of the molecule is O=C(Nc1ccc(N2CCOCC2)cc1)c1cc(Cl)ccc1F. The van der Waals surface area contributed by atoms with Crippen LogP contribution in [0.15, 0.2) is 42.5 Å². The molecule has 0 saturated carbocycles. The molecule has 1 amide bonds. The van der Waals surface area contributed by atoms with Crippen LogP contribution in [0.1, 0.15) is 10.4 Å². The van der Waals surface area contributed by atoms with E-state index in [0.717, 1.165) is 18.8 Å². The Hall–Kier alpha value is -2.11. The first-order chi connectivity index (χ1) is 11.1. The molecule has 1 aliphatic heterocycles. The van der Waals surface area contributed by atoms with Gasteiger partial charge < -0.3 is 15.0 Å². The molecule has 0 spiro atoms. The fourth-order valence-corrected chi connectivity index (χ4v) is 2.62. The van der Waals surface area contributed by atoms with Crippen LogP contribution in [0.25, 0.3) is 0 Å². The molecule has 6 heteroatoms. The highest BCUT2D eigenvalue weighted by atomic mass is 35.5. The first-order valence-corrected chi connectivity index (χ1v) is 7.70. The monoisotopic (exact) mass is 334 g/mol. The smallest absolute Gasteiger partial charge is 0.258 e. The van der Waals surface area contributed by atoms with Gasteiger partial charge in [-0.2, -0.15) is 0 Å². The predicted octanol–water partition coefficient (Wildman–Crippen LogP) is 3.57. The molecule has 0 radical (unpaired) electrons. The van der Waals surface area contributed by atoms with Gasteiger partial charge in [0.2, 0.25) is 0 Å². The Bertz CT molecular complexity index is 700. The van der Waals surface area contributed by atoms with E-state index >= 15 is 0 Å². The average Bonchev–Trinajstić information content (AvgIpc) is 2.58. The normalized spacial score (nSPS) is 14.6. The number of carbonyl (C=O) groups excluding carboxylic acids is 1. The molecule has 0 aromatic heterocycles. The zero-order valence-corrected chi connectivity index (χ0v) is 13.1. The quantitative estimate of drug-likeness (QED) is 0.933. The number of hydrogen-bond donors (Lipinski definition) is 1. The minimum Gasteiger partial charge on any atom is -0.378 e. The van der Waals surface area contributed by atoms with Crippen LogP contribution in [0.5, 0.6) is 0 Å². The topological polar surface area (TPSA) is 41.6 Å². The summed E-state index contributed by atoms with van der Waals surface area (Å²) >= 11 is 5.81. The summed E-state index contributed by atoms with van der Waals surface area (Å²) in [5.74, 6) is -1.12. The lowest BCUT2D eigenvalue weighted by molar-refractivity contribution is 0.102. The van der Waals surface area contributed by atoms with Gasteiger partial charge in [0, 0.05) is 29.5 Å². The second kappa shape index (κ2) is 6.98. The molecule has 0 atom stereocenters. The molecular weight excluding hydrogens is 319 g/mol. The molecule has 1 N–H and O–H groups in total. The Labute approximate surface area is 138 Å². The van der Waals surface area contributed by atoms with Gasteiger partial charge in [-0.25, -0.2) is 4.39 Å². The van der Waals surface area contributed by atoms with Crippen molar-refractivity contribution < 1.29 is 13.9 Å². The van der Waals surface area contributed by atoms with Crippen LogP contribution in [-0.4, -0.2) is 32.2 Å². The Morgan fingerprint density at radius 1 is 1.13 bits per heavy atom. The Morgan fingerprint density at radius 3 is 2.52 bits per heavy atom. The van der Waals surface area contributed by atoms with Crippen molar-refractivity contribution in [2.24, 2.45) is 0 Å². The van der Waals surface area contributed by atoms with E-state index in [2.05, 4.69) is 10.2 Å². The van der Waals surface area contributed by atoms with Crippen molar-refractivity contribution in [3.8, 4) is 0 Å². The summed E-state index contributed by atoms with van der Waals surface area (Å²) in [6, 6.07) is 11.3. The first-order valence-electron chi connectivity index (χ1n) is 7.32. The lowest BCUT2D eigenvalue weighted by atomic mass is 10.2. The van der Waals surface area contributed by atoms with E-state index < -0.39 is 11.7 Å². The number of ether oxygens (including phenoxy) is 1. The number of carbonyl (C=O) groups is 1. The maximum atomic E-state index is 13.7. The Morgan fingerprint density at radius 2 is 1.83 bits per heavy atom. The lowest BCUT2D eigenvalue weighted by Crippen LogP contribution is -2.36. The maximum absolute atomic E-state index is 13.7. The minimum atomic E-state index is -0.600. The number of morpholine rings is 1. The lowest BCUT2D eigenvalue weighted by Gasteiger charge is -2.28. The molecule has 0 aliphatic carbocycles. The van der Waals surface area contributed by atoms with Gasteiger partial charge in [-0.1, -0.05) is 11.6 Å². The summed E-state index contributed by atoms with van der Waals surface area (Å²) in [4.78, 5) is 14.4. The van der Waals surface area contributed by atoms with E-state index in [-0.39, 0.29) is 5.56 Å². The predicted molar refractivity (Wildman–Crippen MR) is 88.8 cm³/mol. The van der Waals surface area contributed by atoms with E-state index in [0.29, 0.717) is 23.9 Å². The molecule has 1 heterocycles. The molecular formula is C17H16ClFN2O2. The molecule has 120 valence electrons. The summed E-state index contributed by atoms with van der Waals surface area (Å²) in [6.07, 6.45) is 0. The van der Waals surface area contributed by atoms with Crippen molar-refractivity contribution in [3.05, 3.63) is 58.9 Å². The van der Waals surface area contributed by atoms with Crippen LogP contribution in [0.2, 0.25) is 5.02 Å². The third-order valence-electron chi connectivity index (χ3n) is 3.67. The molecule has 23 heavy (non-hydrogen) atoms. The molecule has 2 aromatic carbocycles. The molecule has 4 nitrogen and oxygen atoms in total. The van der Waals surface area contributed by atoms with Crippen LogP contribution in [-0.2, 0) is 4.74 Å². The standard InChI is InChI=1S/C17H16ClFN2O2/c18-12-1-6-16(19)15(11-12)17(22)20-13-2-4-14(5-3-13)21-7-9-23-10-8-21/h1-6,11H,7-10H2,(H,20,22). The first kappa shape index (κ1) is 15.8. The number of nitrogens with zero attached hydrogens (tertiary/aromatic N) is 1. The number of rotatable bonds is 3. The van der Waals surface area contributed by atoms with Crippen molar-refractivity contribution in [2.45, 2.75) is 0 Å². The number of amides is 1. The summed E-state index contributed by atoms with van der Waals surface area (Å²) < 4.78 is 19.0. The molecule has 1 aliphatic rings. The van der Waals surface area contributed by atoms with E-state index in [1.54, 1.807) is 12.1 Å². The molecule has 0 bridgehead atoms. The second-order valence-electron chi connectivity index (χ2n) is 5.22. The van der Waals surface area contributed by atoms with Gasteiger partial charge >= 0.3 is 0 Å². The van der Waals surface area contributed by atoms with Gasteiger partial charge in [0.05, 0.1) is 18.8 Å². The summed E-state index contributed by atoms with van der Waals surface area (Å²) in [6.45, 7) is 3.12.